The SMILES string of the molecule is CCC(CNC(=NC)NCc1ccccc1NS(C)(=O)=O)Oc1cccc(F)c1.I. The monoisotopic (exact) mass is 550 g/mol. The van der Waals surface area contributed by atoms with Crippen molar-refractivity contribution in [1.29, 1.82) is 0 Å². The van der Waals surface area contributed by atoms with E-state index in [1.807, 2.05) is 19.1 Å². The van der Waals surface area contributed by atoms with E-state index in [2.05, 4.69) is 20.3 Å². The molecule has 3 N–H and O–H groups in total. The number of aliphatic imine (C=N–C) groups is 1. The van der Waals surface area contributed by atoms with Gasteiger partial charge in [-0.1, -0.05) is 31.2 Å². The Kier molecular flexibility index (Phi) is 10.9. The van der Waals surface area contributed by atoms with Crippen LogP contribution in [0.3, 0.4) is 0 Å². The molecule has 166 valence electrons. The molecule has 7 nitrogen and oxygen atoms in total. The normalized spacial score (nSPS) is 12.5. The number of hydrogen-bond donors (Lipinski definition) is 3. The highest BCUT2D eigenvalue weighted by Gasteiger charge is 2.11. The highest BCUT2D eigenvalue weighted by Crippen LogP contribution is 2.16. The summed E-state index contributed by atoms with van der Waals surface area (Å²) in [6.07, 6.45) is 1.66. The van der Waals surface area contributed by atoms with Gasteiger partial charge >= 0.3 is 0 Å². The van der Waals surface area contributed by atoms with E-state index in [4.69, 9.17) is 4.74 Å². The van der Waals surface area contributed by atoms with Gasteiger partial charge in [0.25, 0.3) is 0 Å². The lowest BCUT2D eigenvalue weighted by atomic mass is 10.2. The molecule has 0 bridgehead atoms. The van der Waals surface area contributed by atoms with Gasteiger partial charge in [-0.3, -0.25) is 9.71 Å². The average Bonchev–Trinajstić information content (AvgIpc) is 2.67. The molecule has 0 fully saturated rings. The molecular weight excluding hydrogens is 522 g/mol. The first-order valence-electron chi connectivity index (χ1n) is 9.23. The zero-order valence-corrected chi connectivity index (χ0v) is 20.3. The van der Waals surface area contributed by atoms with E-state index in [-0.39, 0.29) is 35.9 Å². The molecule has 0 aromatic heterocycles. The first kappa shape index (κ1) is 26.0. The van der Waals surface area contributed by atoms with Gasteiger partial charge in [-0.25, -0.2) is 12.8 Å². The molecule has 0 aliphatic heterocycles. The second-order valence-corrected chi connectivity index (χ2v) is 8.19. The lowest BCUT2D eigenvalue weighted by molar-refractivity contribution is 0.199. The maximum atomic E-state index is 13.3. The van der Waals surface area contributed by atoms with Crippen LogP contribution in [0.25, 0.3) is 0 Å². The van der Waals surface area contributed by atoms with Crippen molar-refractivity contribution in [2.45, 2.75) is 26.0 Å². The summed E-state index contributed by atoms with van der Waals surface area (Å²) in [5, 5.41) is 6.33. The Morgan fingerprint density at radius 1 is 1.17 bits per heavy atom. The highest BCUT2D eigenvalue weighted by molar-refractivity contribution is 14.0. The largest absolute Gasteiger partial charge is 0.489 e. The summed E-state index contributed by atoms with van der Waals surface area (Å²) < 4.78 is 44.7. The van der Waals surface area contributed by atoms with Crippen LogP contribution < -0.4 is 20.1 Å². The molecule has 2 rings (SSSR count). The summed E-state index contributed by atoms with van der Waals surface area (Å²) in [6.45, 7) is 2.82. The predicted octanol–water partition coefficient (Wildman–Crippen LogP) is 3.34. The van der Waals surface area contributed by atoms with Crippen molar-refractivity contribution in [3.8, 4) is 5.75 Å². The zero-order valence-electron chi connectivity index (χ0n) is 17.2. The molecule has 2 aromatic rings. The first-order valence-corrected chi connectivity index (χ1v) is 11.1. The Morgan fingerprint density at radius 3 is 2.53 bits per heavy atom. The Labute approximate surface area is 194 Å². The predicted molar refractivity (Wildman–Crippen MR) is 130 cm³/mol. The molecule has 0 aliphatic carbocycles. The minimum Gasteiger partial charge on any atom is -0.489 e. The molecule has 1 unspecified atom stereocenters. The molecule has 0 saturated heterocycles. The van der Waals surface area contributed by atoms with Crippen molar-refractivity contribution in [2.75, 3.05) is 24.6 Å². The molecule has 1 atom stereocenters. The number of guanidine groups is 1. The van der Waals surface area contributed by atoms with Gasteiger partial charge < -0.3 is 15.4 Å². The van der Waals surface area contributed by atoms with Crippen LogP contribution in [0.5, 0.6) is 5.75 Å². The summed E-state index contributed by atoms with van der Waals surface area (Å²) in [7, 11) is -1.73. The minimum atomic E-state index is -3.37. The van der Waals surface area contributed by atoms with Crippen LogP contribution in [0.4, 0.5) is 10.1 Å². The van der Waals surface area contributed by atoms with E-state index in [0.717, 1.165) is 18.2 Å². The fourth-order valence-electron chi connectivity index (χ4n) is 2.59. The van der Waals surface area contributed by atoms with Gasteiger partial charge in [0.05, 0.1) is 18.5 Å². The van der Waals surface area contributed by atoms with Crippen LogP contribution in [0.2, 0.25) is 0 Å². The Morgan fingerprint density at radius 2 is 1.90 bits per heavy atom. The van der Waals surface area contributed by atoms with E-state index >= 15 is 0 Å². The fourth-order valence-corrected chi connectivity index (χ4v) is 3.18. The van der Waals surface area contributed by atoms with Gasteiger partial charge in [0.1, 0.15) is 17.7 Å². The fraction of sp³-hybridized carbons (Fsp3) is 0.350. The number of hydrogen-bond acceptors (Lipinski definition) is 4. The third-order valence-corrected chi connectivity index (χ3v) is 4.62. The third-order valence-electron chi connectivity index (χ3n) is 4.03. The smallest absolute Gasteiger partial charge is 0.229 e. The van der Waals surface area contributed by atoms with E-state index < -0.39 is 10.0 Å². The first-order chi connectivity index (χ1) is 13.8. The maximum Gasteiger partial charge on any atom is 0.229 e. The van der Waals surface area contributed by atoms with Gasteiger partial charge in [0, 0.05) is 19.7 Å². The molecule has 0 amide bonds. The number of nitrogens with zero attached hydrogens (tertiary/aromatic N) is 1. The Hall–Kier alpha value is -2.08. The standard InChI is InChI=1S/C20H27FN4O3S.HI/c1-4-17(28-18-10-7-9-16(21)12-18)14-24-20(22-2)23-13-15-8-5-6-11-19(15)25-29(3,26)27;/h5-12,17,25H,4,13-14H2,1-3H3,(H2,22,23,24);1H. The van der Waals surface area contributed by atoms with Crippen LogP contribution in [-0.4, -0.2) is 40.3 Å². The molecule has 0 radical (unpaired) electrons. The summed E-state index contributed by atoms with van der Waals surface area (Å²) in [5.41, 5.74) is 1.29. The Balaban J connectivity index is 0.00000450. The molecule has 0 heterocycles. The zero-order chi connectivity index (χ0) is 21.3. The molecule has 10 heteroatoms. The topological polar surface area (TPSA) is 91.8 Å². The number of nitrogens with one attached hydrogen (secondary N) is 3. The van der Waals surface area contributed by atoms with Gasteiger partial charge in [0.2, 0.25) is 10.0 Å². The molecule has 0 saturated carbocycles. The van der Waals surface area contributed by atoms with Gasteiger partial charge in [-0.05, 0) is 30.2 Å². The van der Waals surface area contributed by atoms with E-state index in [1.165, 1.54) is 12.1 Å². The van der Waals surface area contributed by atoms with Crippen molar-refractivity contribution < 1.29 is 17.5 Å². The molecule has 2 aromatic carbocycles. The number of ether oxygens (including phenoxy) is 1. The number of halogens is 2. The van der Waals surface area contributed by atoms with Gasteiger partial charge in [-0.15, -0.1) is 24.0 Å². The Bertz CT molecular complexity index is 941. The van der Waals surface area contributed by atoms with Crippen LogP contribution in [0.1, 0.15) is 18.9 Å². The summed E-state index contributed by atoms with van der Waals surface area (Å²) in [4.78, 5) is 4.17. The third kappa shape index (κ3) is 9.16. The van der Waals surface area contributed by atoms with Crippen LogP contribution in [0, 0.1) is 5.82 Å². The number of benzene rings is 2. The van der Waals surface area contributed by atoms with Crippen LogP contribution >= 0.6 is 24.0 Å². The maximum absolute atomic E-state index is 13.3. The van der Waals surface area contributed by atoms with Crippen molar-refractivity contribution >= 4 is 45.6 Å². The highest BCUT2D eigenvalue weighted by atomic mass is 127. The minimum absolute atomic E-state index is 0. The van der Waals surface area contributed by atoms with Crippen molar-refractivity contribution in [2.24, 2.45) is 4.99 Å². The van der Waals surface area contributed by atoms with Crippen LogP contribution in [-0.2, 0) is 16.6 Å². The molecule has 0 aliphatic rings. The lowest BCUT2D eigenvalue weighted by Gasteiger charge is -2.20. The summed E-state index contributed by atoms with van der Waals surface area (Å²) in [6, 6.07) is 13.2. The summed E-state index contributed by atoms with van der Waals surface area (Å²) >= 11 is 0. The van der Waals surface area contributed by atoms with Crippen molar-refractivity contribution in [3.63, 3.8) is 0 Å². The lowest BCUT2D eigenvalue weighted by Crippen LogP contribution is -2.42. The summed E-state index contributed by atoms with van der Waals surface area (Å²) in [5.74, 6) is 0.673. The second-order valence-electron chi connectivity index (χ2n) is 6.44. The number of rotatable bonds is 9. The quantitative estimate of drug-likeness (QED) is 0.253. The number of sulfonamides is 1. The van der Waals surface area contributed by atoms with Crippen molar-refractivity contribution in [1.82, 2.24) is 10.6 Å². The average molecular weight is 550 g/mol. The molecule has 0 spiro atoms. The van der Waals surface area contributed by atoms with Gasteiger partial charge in [-0.2, -0.15) is 0 Å². The number of para-hydroxylation sites is 1. The van der Waals surface area contributed by atoms with E-state index in [9.17, 15) is 12.8 Å². The number of anilines is 1. The van der Waals surface area contributed by atoms with E-state index in [1.54, 1.807) is 31.3 Å². The molecular formula is C20H28FIN4O3S. The second kappa shape index (κ2) is 12.6. The molecule has 30 heavy (non-hydrogen) atoms. The van der Waals surface area contributed by atoms with Crippen LogP contribution in [0.15, 0.2) is 53.5 Å². The van der Waals surface area contributed by atoms with Gasteiger partial charge in [0.15, 0.2) is 5.96 Å². The van der Waals surface area contributed by atoms with Crippen molar-refractivity contribution in [3.05, 3.63) is 59.9 Å². The van der Waals surface area contributed by atoms with E-state index in [0.29, 0.717) is 30.5 Å².